The predicted molar refractivity (Wildman–Crippen MR) is 177 cm³/mol. The average Bonchev–Trinajstić information content (AvgIpc) is 3.78. The average molecular weight is 551 g/mol. The van der Waals surface area contributed by atoms with Gasteiger partial charge in [-0.25, -0.2) is 0 Å². The number of furan rings is 3. The molecule has 0 bridgehead atoms. The van der Waals surface area contributed by atoms with E-state index in [1.54, 1.807) is 6.26 Å². The third-order valence-corrected chi connectivity index (χ3v) is 8.95. The number of rotatable bonds is 2. The third-order valence-electron chi connectivity index (χ3n) is 8.95. The summed E-state index contributed by atoms with van der Waals surface area (Å²) in [4.78, 5) is 0. The van der Waals surface area contributed by atoms with Gasteiger partial charge in [-0.15, -0.1) is 0 Å². The SMILES string of the molecule is c1ccc2c(c1)oc1ccc(-c3c4ccccc4c(-c4cc5occc5c5oc6ccccc6c45)c4ccccc34)cc12. The second kappa shape index (κ2) is 8.37. The van der Waals surface area contributed by atoms with Gasteiger partial charge in [-0.3, -0.25) is 0 Å². The lowest BCUT2D eigenvalue weighted by Gasteiger charge is -2.18. The topological polar surface area (TPSA) is 39.4 Å². The Labute approximate surface area is 245 Å². The molecule has 0 saturated carbocycles. The van der Waals surface area contributed by atoms with Gasteiger partial charge in [0.2, 0.25) is 0 Å². The van der Waals surface area contributed by atoms with Crippen LogP contribution in [-0.2, 0) is 0 Å². The summed E-state index contributed by atoms with van der Waals surface area (Å²) in [5, 5.41) is 10.2. The highest BCUT2D eigenvalue weighted by molar-refractivity contribution is 6.28. The molecule has 0 fully saturated rings. The zero-order chi connectivity index (χ0) is 28.1. The molecule has 0 saturated heterocycles. The van der Waals surface area contributed by atoms with Crippen LogP contribution in [0.4, 0.5) is 0 Å². The Kier molecular flexibility index (Phi) is 4.45. The van der Waals surface area contributed by atoms with Crippen molar-refractivity contribution in [2.75, 3.05) is 0 Å². The first-order valence-electron chi connectivity index (χ1n) is 14.5. The first kappa shape index (κ1) is 22.8. The molecule has 10 aromatic rings. The van der Waals surface area contributed by atoms with Crippen molar-refractivity contribution in [1.29, 1.82) is 0 Å². The fourth-order valence-corrected chi connectivity index (χ4v) is 7.13. The molecule has 43 heavy (non-hydrogen) atoms. The van der Waals surface area contributed by atoms with Gasteiger partial charge >= 0.3 is 0 Å². The first-order valence-corrected chi connectivity index (χ1v) is 14.5. The van der Waals surface area contributed by atoms with Crippen LogP contribution in [0.25, 0.3) is 98.6 Å². The molecular weight excluding hydrogens is 528 g/mol. The molecule has 0 aliphatic carbocycles. The minimum Gasteiger partial charge on any atom is -0.464 e. The van der Waals surface area contributed by atoms with Crippen molar-refractivity contribution in [3.05, 3.63) is 134 Å². The van der Waals surface area contributed by atoms with E-state index in [-0.39, 0.29) is 0 Å². The van der Waals surface area contributed by atoms with E-state index in [0.717, 1.165) is 60.4 Å². The van der Waals surface area contributed by atoms with Crippen molar-refractivity contribution in [3.8, 4) is 22.3 Å². The molecule has 0 amide bonds. The van der Waals surface area contributed by atoms with Gasteiger partial charge in [-0.1, -0.05) is 91.0 Å². The minimum atomic E-state index is 0.816. The van der Waals surface area contributed by atoms with Crippen LogP contribution in [0, 0.1) is 0 Å². The Morgan fingerprint density at radius 2 is 0.953 bits per heavy atom. The fraction of sp³-hybridized carbons (Fsp3) is 0. The molecule has 3 nitrogen and oxygen atoms in total. The van der Waals surface area contributed by atoms with Gasteiger partial charge < -0.3 is 13.3 Å². The lowest BCUT2D eigenvalue weighted by Crippen LogP contribution is -1.91. The Balaban J connectivity index is 1.38. The minimum absolute atomic E-state index is 0.816. The van der Waals surface area contributed by atoms with E-state index in [1.807, 2.05) is 30.3 Å². The van der Waals surface area contributed by atoms with E-state index in [9.17, 15) is 0 Å². The second-order valence-corrected chi connectivity index (χ2v) is 11.2. The molecular formula is C40H22O3. The Morgan fingerprint density at radius 1 is 0.372 bits per heavy atom. The largest absolute Gasteiger partial charge is 0.464 e. The summed E-state index contributed by atoms with van der Waals surface area (Å²) in [6.07, 6.45) is 1.75. The number of para-hydroxylation sites is 2. The van der Waals surface area contributed by atoms with Gasteiger partial charge in [0.05, 0.1) is 11.6 Å². The smallest absolute Gasteiger partial charge is 0.147 e. The van der Waals surface area contributed by atoms with E-state index in [4.69, 9.17) is 13.3 Å². The van der Waals surface area contributed by atoms with Crippen LogP contribution in [0.3, 0.4) is 0 Å². The zero-order valence-electron chi connectivity index (χ0n) is 22.9. The summed E-state index contributed by atoms with van der Waals surface area (Å²) in [5.41, 5.74) is 9.03. The quantitative estimate of drug-likeness (QED) is 0.201. The van der Waals surface area contributed by atoms with E-state index < -0.39 is 0 Å². The number of hydrogen-bond acceptors (Lipinski definition) is 3. The number of hydrogen-bond donors (Lipinski definition) is 0. The molecule has 0 unspecified atom stereocenters. The van der Waals surface area contributed by atoms with E-state index >= 15 is 0 Å². The molecule has 0 atom stereocenters. The summed E-state index contributed by atoms with van der Waals surface area (Å²) >= 11 is 0. The van der Waals surface area contributed by atoms with Crippen molar-refractivity contribution >= 4 is 76.4 Å². The van der Waals surface area contributed by atoms with Crippen LogP contribution in [-0.4, -0.2) is 0 Å². The fourth-order valence-electron chi connectivity index (χ4n) is 7.13. The summed E-state index contributed by atoms with van der Waals surface area (Å²) in [6, 6.07) is 44.8. The highest BCUT2D eigenvalue weighted by Crippen LogP contribution is 2.49. The van der Waals surface area contributed by atoms with Crippen molar-refractivity contribution in [2.45, 2.75) is 0 Å². The molecule has 7 aromatic carbocycles. The maximum Gasteiger partial charge on any atom is 0.147 e. The van der Waals surface area contributed by atoms with Crippen LogP contribution in [0.5, 0.6) is 0 Å². The van der Waals surface area contributed by atoms with E-state index in [1.165, 1.54) is 38.2 Å². The van der Waals surface area contributed by atoms with Gasteiger partial charge in [0, 0.05) is 21.5 Å². The lowest BCUT2D eigenvalue weighted by molar-refractivity contribution is 0.615. The van der Waals surface area contributed by atoms with Crippen LogP contribution in [0.1, 0.15) is 0 Å². The molecule has 10 rings (SSSR count). The van der Waals surface area contributed by atoms with Gasteiger partial charge in [-0.05, 0) is 80.2 Å². The van der Waals surface area contributed by atoms with Gasteiger partial charge in [-0.2, -0.15) is 0 Å². The summed E-state index contributed by atoms with van der Waals surface area (Å²) in [5.74, 6) is 0. The Morgan fingerprint density at radius 3 is 1.67 bits per heavy atom. The standard InChI is InChI=1S/C40H22O3/c1-3-12-27-25(10-1)37(23-17-18-35-31(21-23)24-9-5-7-15-33(24)42-35)26-11-2-4-13-28(26)38(27)32-22-36-30(19-20-41-36)40-39(32)29-14-6-8-16-34(29)43-40/h1-22H. The Hall–Kier alpha value is -5.80. The normalized spacial score (nSPS) is 12.2. The Bertz CT molecular complexity index is 2680. The number of fused-ring (bicyclic) bond motifs is 10. The van der Waals surface area contributed by atoms with E-state index in [0.29, 0.717) is 0 Å². The summed E-state index contributed by atoms with van der Waals surface area (Å²) < 4.78 is 18.7. The van der Waals surface area contributed by atoms with Crippen LogP contribution in [0.2, 0.25) is 0 Å². The van der Waals surface area contributed by atoms with Gasteiger partial charge in [0.15, 0.2) is 0 Å². The lowest BCUT2D eigenvalue weighted by atomic mass is 9.84. The molecule has 200 valence electrons. The first-order chi connectivity index (χ1) is 21.3. The highest BCUT2D eigenvalue weighted by Gasteiger charge is 2.23. The molecule has 3 heterocycles. The highest BCUT2D eigenvalue weighted by atomic mass is 16.3. The zero-order valence-corrected chi connectivity index (χ0v) is 22.9. The van der Waals surface area contributed by atoms with Crippen LogP contribution in [0.15, 0.2) is 147 Å². The molecule has 3 heteroatoms. The maximum absolute atomic E-state index is 6.50. The molecule has 0 aliphatic heterocycles. The van der Waals surface area contributed by atoms with Crippen molar-refractivity contribution in [1.82, 2.24) is 0 Å². The van der Waals surface area contributed by atoms with Gasteiger partial charge in [0.25, 0.3) is 0 Å². The predicted octanol–water partition coefficient (Wildman–Crippen LogP) is 11.9. The van der Waals surface area contributed by atoms with Crippen LogP contribution >= 0.6 is 0 Å². The maximum atomic E-state index is 6.50. The van der Waals surface area contributed by atoms with Crippen molar-refractivity contribution in [2.24, 2.45) is 0 Å². The summed E-state index contributed by atoms with van der Waals surface area (Å²) in [7, 11) is 0. The van der Waals surface area contributed by atoms with E-state index in [2.05, 4.69) is 97.1 Å². The molecule has 0 spiro atoms. The molecule has 0 radical (unpaired) electrons. The van der Waals surface area contributed by atoms with Crippen molar-refractivity contribution in [3.63, 3.8) is 0 Å². The monoisotopic (exact) mass is 550 g/mol. The molecule has 0 aliphatic rings. The second-order valence-electron chi connectivity index (χ2n) is 11.2. The van der Waals surface area contributed by atoms with Gasteiger partial charge in [0.1, 0.15) is 27.9 Å². The third kappa shape index (κ3) is 3.08. The van der Waals surface area contributed by atoms with Crippen molar-refractivity contribution < 1.29 is 13.3 Å². The molecule has 0 N–H and O–H groups in total. The molecule has 3 aromatic heterocycles. The van der Waals surface area contributed by atoms with Crippen LogP contribution < -0.4 is 0 Å². The number of benzene rings is 7. The summed E-state index contributed by atoms with van der Waals surface area (Å²) in [6.45, 7) is 0.